The van der Waals surface area contributed by atoms with Crippen LogP contribution in [-0.2, 0) is 4.79 Å². The number of rotatable bonds is 7. The molecule has 27 heavy (non-hydrogen) atoms. The highest BCUT2D eigenvalue weighted by Crippen LogP contribution is 2.24. The normalized spacial score (nSPS) is 10.6. The van der Waals surface area contributed by atoms with Crippen molar-refractivity contribution in [2.24, 2.45) is 0 Å². The summed E-state index contributed by atoms with van der Waals surface area (Å²) >= 11 is 1.23. The van der Waals surface area contributed by atoms with Gasteiger partial charge in [0.1, 0.15) is 5.75 Å². The van der Waals surface area contributed by atoms with E-state index >= 15 is 0 Å². The van der Waals surface area contributed by atoms with E-state index in [1.165, 1.54) is 16.4 Å². The van der Waals surface area contributed by atoms with Crippen LogP contribution in [0.15, 0.2) is 58.1 Å². The maximum atomic E-state index is 12.1. The van der Waals surface area contributed by atoms with Gasteiger partial charge >= 0.3 is 0 Å². The lowest BCUT2D eigenvalue weighted by Crippen LogP contribution is -2.34. The fourth-order valence-corrected chi connectivity index (χ4v) is 3.25. The zero-order valence-corrected chi connectivity index (χ0v) is 15.8. The summed E-state index contributed by atoms with van der Waals surface area (Å²) < 4.78 is 11.3. The van der Waals surface area contributed by atoms with Crippen LogP contribution in [0.1, 0.15) is 12.0 Å². The molecule has 7 nitrogen and oxygen atoms in total. The third-order valence-corrected chi connectivity index (χ3v) is 4.81. The number of aromatic nitrogens is 2. The zero-order chi connectivity index (χ0) is 19.2. The Morgan fingerprint density at radius 1 is 1.22 bits per heavy atom. The van der Waals surface area contributed by atoms with Crippen molar-refractivity contribution in [1.29, 1.82) is 0 Å². The first kappa shape index (κ1) is 18.8. The van der Waals surface area contributed by atoms with Gasteiger partial charge in [0.05, 0.1) is 12.4 Å². The fourth-order valence-electron chi connectivity index (χ4n) is 2.35. The number of thioether (sulfide) groups is 1. The first-order chi connectivity index (χ1) is 13.1. The maximum Gasteiger partial charge on any atom is 0.297 e. The minimum atomic E-state index is -0.533. The third-order valence-electron chi connectivity index (χ3n) is 3.79. The Kier molecular flexibility index (Phi) is 5.97. The molecule has 0 atom stereocenters. The van der Waals surface area contributed by atoms with Crippen molar-refractivity contribution in [1.82, 2.24) is 5.27 Å². The summed E-state index contributed by atoms with van der Waals surface area (Å²) in [7, 11) is 1.58. The molecule has 0 aliphatic carbocycles. The van der Waals surface area contributed by atoms with Gasteiger partial charge in [-0.05, 0) is 35.9 Å². The summed E-state index contributed by atoms with van der Waals surface area (Å²) in [6, 6.07) is 14.7. The second kappa shape index (κ2) is 8.59. The molecule has 0 bridgehead atoms. The van der Waals surface area contributed by atoms with E-state index in [2.05, 4.69) is 10.6 Å². The van der Waals surface area contributed by atoms with Gasteiger partial charge in [-0.25, -0.2) is 0 Å². The minimum Gasteiger partial charge on any atom is -0.538 e. The van der Waals surface area contributed by atoms with Crippen LogP contribution in [0.5, 0.6) is 11.7 Å². The number of amides is 1. The van der Waals surface area contributed by atoms with E-state index in [1.54, 1.807) is 31.4 Å². The predicted octanol–water partition coefficient (Wildman–Crippen LogP) is 2.46. The van der Waals surface area contributed by atoms with Crippen molar-refractivity contribution >= 4 is 23.4 Å². The summed E-state index contributed by atoms with van der Waals surface area (Å²) in [5.41, 5.74) is 2.55. The largest absolute Gasteiger partial charge is 0.538 e. The van der Waals surface area contributed by atoms with Crippen LogP contribution in [-0.4, -0.2) is 24.0 Å². The molecule has 1 heterocycles. The molecule has 0 aliphatic rings. The zero-order valence-electron chi connectivity index (χ0n) is 15.0. The van der Waals surface area contributed by atoms with Crippen LogP contribution >= 0.6 is 11.8 Å². The molecule has 1 aromatic heterocycles. The van der Waals surface area contributed by atoms with E-state index < -0.39 is 5.95 Å². The van der Waals surface area contributed by atoms with Crippen molar-refractivity contribution in [3.63, 3.8) is 0 Å². The average Bonchev–Trinajstić information content (AvgIpc) is 3.04. The lowest BCUT2D eigenvalue weighted by Gasteiger charge is -2.05. The minimum absolute atomic E-state index is 0.119. The van der Waals surface area contributed by atoms with E-state index in [0.29, 0.717) is 22.2 Å². The van der Waals surface area contributed by atoms with E-state index in [4.69, 9.17) is 9.26 Å². The molecule has 0 radical (unpaired) electrons. The van der Waals surface area contributed by atoms with E-state index in [-0.39, 0.29) is 12.3 Å². The number of anilines is 1. The summed E-state index contributed by atoms with van der Waals surface area (Å²) in [4.78, 5) is 12.1. The highest BCUT2D eigenvalue weighted by molar-refractivity contribution is 7.99. The molecule has 3 aromatic rings. The Labute approximate surface area is 160 Å². The number of aryl methyl sites for hydroxylation is 1. The van der Waals surface area contributed by atoms with Gasteiger partial charge in [-0.3, -0.25) is 4.79 Å². The second-order valence-electron chi connectivity index (χ2n) is 5.79. The SMILES string of the molecule is COc1ccc(-[n+]2noc([O-])c2SCCC(=O)Nc2ccc(C)cc2)cc1. The van der Waals surface area contributed by atoms with Crippen molar-refractivity contribution in [2.75, 3.05) is 18.2 Å². The molecule has 0 saturated heterocycles. The molecule has 0 aliphatic heterocycles. The van der Waals surface area contributed by atoms with Gasteiger partial charge in [0, 0.05) is 30.0 Å². The van der Waals surface area contributed by atoms with E-state index in [0.717, 1.165) is 11.3 Å². The Morgan fingerprint density at radius 2 is 1.93 bits per heavy atom. The van der Waals surface area contributed by atoms with E-state index in [1.807, 2.05) is 31.2 Å². The molecule has 8 heteroatoms. The maximum absolute atomic E-state index is 12.1. The highest BCUT2D eigenvalue weighted by atomic mass is 32.2. The quantitative estimate of drug-likeness (QED) is 0.496. The number of ether oxygens (including phenoxy) is 1. The molecular formula is C19H19N3O4S. The number of carbonyl (C=O) groups is 1. The summed E-state index contributed by atoms with van der Waals surface area (Å²) in [6.07, 6.45) is 0.256. The Hall–Kier alpha value is -3.00. The third kappa shape index (κ3) is 4.79. The molecule has 1 amide bonds. The predicted molar refractivity (Wildman–Crippen MR) is 99.2 cm³/mol. The molecule has 3 rings (SSSR count). The smallest absolute Gasteiger partial charge is 0.297 e. The molecule has 2 aromatic carbocycles. The van der Waals surface area contributed by atoms with Crippen LogP contribution in [0.2, 0.25) is 0 Å². The monoisotopic (exact) mass is 385 g/mol. The van der Waals surface area contributed by atoms with Crippen molar-refractivity contribution in [3.05, 3.63) is 54.1 Å². The first-order valence-corrected chi connectivity index (χ1v) is 9.28. The summed E-state index contributed by atoms with van der Waals surface area (Å²) in [6.45, 7) is 1.99. The molecule has 0 unspecified atom stereocenters. The number of carbonyl (C=O) groups excluding carboxylic acids is 1. The lowest BCUT2D eigenvalue weighted by molar-refractivity contribution is -0.705. The summed E-state index contributed by atoms with van der Waals surface area (Å²) in [5, 5.41) is 18.9. The molecule has 140 valence electrons. The lowest BCUT2D eigenvalue weighted by atomic mass is 10.2. The van der Waals surface area contributed by atoms with Crippen LogP contribution in [0.25, 0.3) is 5.69 Å². The number of nitrogens with zero attached hydrogens (tertiary/aromatic N) is 2. The molecular weight excluding hydrogens is 366 g/mol. The topological polar surface area (TPSA) is 91.3 Å². The van der Waals surface area contributed by atoms with Gasteiger partial charge in [0.25, 0.3) is 5.03 Å². The van der Waals surface area contributed by atoms with Crippen LogP contribution in [0.3, 0.4) is 0 Å². The average molecular weight is 385 g/mol. The van der Waals surface area contributed by atoms with Gasteiger partial charge in [0.2, 0.25) is 11.6 Å². The van der Waals surface area contributed by atoms with Gasteiger partial charge in [-0.1, -0.05) is 29.5 Å². The van der Waals surface area contributed by atoms with Gasteiger partial charge in [-0.2, -0.15) is 0 Å². The van der Waals surface area contributed by atoms with Crippen molar-refractivity contribution in [3.8, 4) is 17.4 Å². The Balaban J connectivity index is 1.60. The number of hydrogen-bond acceptors (Lipinski definition) is 6. The molecule has 0 spiro atoms. The van der Waals surface area contributed by atoms with Crippen LogP contribution < -0.4 is 19.8 Å². The van der Waals surface area contributed by atoms with Gasteiger partial charge < -0.3 is 19.7 Å². The second-order valence-corrected chi connectivity index (χ2v) is 6.87. The number of methoxy groups -OCH3 is 1. The Bertz CT molecular complexity index is 908. The molecule has 0 fully saturated rings. The van der Waals surface area contributed by atoms with Gasteiger partial charge in [0.15, 0.2) is 5.95 Å². The summed E-state index contributed by atoms with van der Waals surface area (Å²) in [5.74, 6) is 0.470. The molecule has 0 saturated carbocycles. The van der Waals surface area contributed by atoms with Crippen LogP contribution in [0.4, 0.5) is 5.69 Å². The van der Waals surface area contributed by atoms with Crippen molar-refractivity contribution < 1.29 is 23.8 Å². The van der Waals surface area contributed by atoms with Crippen molar-refractivity contribution in [2.45, 2.75) is 18.4 Å². The van der Waals surface area contributed by atoms with Gasteiger partial charge in [-0.15, -0.1) is 0 Å². The standard InChI is InChI=1S/C19H19N3O4S/c1-13-3-5-14(6-4-13)20-17(23)11-12-27-18-19(24)26-21-22(18)15-7-9-16(25-2)10-8-15/h3-10H,11-12H2,1-2H3,(H-,20,21,23,24). The van der Waals surface area contributed by atoms with Crippen LogP contribution in [0, 0.1) is 6.92 Å². The highest BCUT2D eigenvalue weighted by Gasteiger charge is 2.21. The number of nitrogens with one attached hydrogen (secondary N) is 1. The number of benzene rings is 2. The Morgan fingerprint density at radius 3 is 2.59 bits per heavy atom. The molecule has 1 N–H and O–H groups in total. The van der Waals surface area contributed by atoms with E-state index in [9.17, 15) is 9.90 Å². The first-order valence-electron chi connectivity index (χ1n) is 8.29. The fraction of sp³-hybridized carbons (Fsp3) is 0.211. The number of hydrogen-bond donors (Lipinski definition) is 1.